The van der Waals surface area contributed by atoms with Crippen molar-refractivity contribution in [1.82, 2.24) is 0 Å². The van der Waals surface area contributed by atoms with E-state index in [2.05, 4.69) is 8.79 Å². The van der Waals surface area contributed by atoms with Gasteiger partial charge in [-0.3, -0.25) is 0 Å². The second-order valence-electron chi connectivity index (χ2n) is 0. The summed E-state index contributed by atoms with van der Waals surface area (Å²) in [6.45, 7) is 0. The van der Waals surface area contributed by atoms with E-state index in [1.165, 1.54) is 9.91 Å². The summed E-state index contributed by atoms with van der Waals surface area (Å²) in [5.74, 6) is 0. The molecule has 0 nitrogen and oxygen atoms in total. The zero-order valence-electron chi connectivity index (χ0n) is 1.58. The van der Waals surface area contributed by atoms with Crippen LogP contribution in [0.5, 0.6) is 0 Å². The monoisotopic (exact) mass is 172 g/mol. The summed E-state index contributed by atoms with van der Waals surface area (Å²) < 4.78 is 0. The first-order valence-corrected chi connectivity index (χ1v) is 5.20. The summed E-state index contributed by atoms with van der Waals surface area (Å²) in [6, 6.07) is 0. The van der Waals surface area contributed by atoms with E-state index in [-0.39, 0.29) is 112 Å². The minimum Gasteiger partial charge on any atom is -0.159 e. The molecule has 0 aliphatic heterocycles. The third-order valence-corrected chi connectivity index (χ3v) is 0. The van der Waals surface area contributed by atoms with Gasteiger partial charge in [-0.05, 0) is 0 Å². The first kappa shape index (κ1) is 22.8. The third-order valence-electron chi connectivity index (χ3n) is 0. The normalized spacial score (nSPS) is 1.80. The minimum atomic E-state index is 0. The van der Waals surface area contributed by atoms with Gasteiger partial charge in [0.15, 0.2) is 0 Å². The molecule has 0 rings (SSSR count). The molecule has 1 atom stereocenters. The van der Waals surface area contributed by atoms with Crippen molar-refractivity contribution in [2.45, 2.75) is 0 Å². The van der Waals surface area contributed by atoms with Crippen LogP contribution in [0.15, 0.2) is 0 Å². The topological polar surface area (TPSA) is 0 Å². The van der Waals surface area contributed by atoms with Crippen molar-refractivity contribution in [3.63, 3.8) is 0 Å². The van der Waals surface area contributed by atoms with Crippen LogP contribution in [-0.4, -0.2) is 122 Å². The molecule has 0 aromatic carbocycles. The Labute approximate surface area is 127 Å². The number of rotatable bonds is 0. The standard InChI is InChI=1S/Ca.K.Mg.H5PSi.5H/c;;;1-2;;;;;/h;;;1H2,2H3;;;;;. The van der Waals surface area contributed by atoms with Crippen LogP contribution >= 0.6 is 8.79 Å². The fraction of sp³-hybridized carbons (Fsp3) is 0. The fourth-order valence-electron chi connectivity index (χ4n) is 0. The van der Waals surface area contributed by atoms with Crippen LogP contribution in [-0.2, 0) is 0 Å². The molecule has 0 spiro atoms. The van der Waals surface area contributed by atoms with Crippen LogP contribution in [0.25, 0.3) is 0 Å². The van der Waals surface area contributed by atoms with E-state index in [1.54, 1.807) is 0 Å². The summed E-state index contributed by atoms with van der Waals surface area (Å²) in [4.78, 5) is 0. The van der Waals surface area contributed by atoms with Crippen molar-refractivity contribution in [3.05, 3.63) is 0 Å². The van der Waals surface area contributed by atoms with E-state index in [1.807, 2.05) is 0 Å². The smallest absolute Gasteiger partial charge is 0.159 e. The molecule has 0 fully saturated rings. The van der Waals surface area contributed by atoms with Crippen LogP contribution in [0.4, 0.5) is 0 Å². The average Bonchev–Trinajstić information content (AvgIpc) is 1.00. The molecule has 0 N–H and O–H groups in total. The van der Waals surface area contributed by atoms with Gasteiger partial charge in [-0.25, -0.2) is 0 Å². The minimum absolute atomic E-state index is 0. The van der Waals surface area contributed by atoms with E-state index >= 15 is 0 Å². The van der Waals surface area contributed by atoms with Gasteiger partial charge >= 0.3 is 112 Å². The Kier molecular flexibility index (Phi) is 109. The van der Waals surface area contributed by atoms with Crippen LogP contribution in [0.3, 0.4) is 0 Å². The first-order valence-electron chi connectivity index (χ1n) is 0.577. The Bertz CT molecular complexity index is 11.6. The second kappa shape index (κ2) is 23.9. The predicted molar refractivity (Wildman–Crippen MR) is 43.9 cm³/mol. The molecule has 0 bridgehead atoms. The van der Waals surface area contributed by atoms with Gasteiger partial charge in [-0.1, -0.05) is 0 Å². The third kappa shape index (κ3) is 17.8. The SMILES string of the molecule is [CaH2].[KH].[MgH2].[SiH3]P. The van der Waals surface area contributed by atoms with Gasteiger partial charge in [0.1, 0.15) is 0 Å². The maximum atomic E-state index is 2.56. The molecular weight excluding hydrogens is 163 g/mol. The zero-order valence-corrected chi connectivity index (χ0v) is 4.73. The predicted octanol–water partition coefficient (Wildman–Crippen LogP) is -3.34. The Hall–Kier alpha value is 4.31. The van der Waals surface area contributed by atoms with E-state index in [9.17, 15) is 0 Å². The molecule has 0 aromatic heterocycles. The summed E-state index contributed by atoms with van der Waals surface area (Å²) in [5.41, 5.74) is 0. The zero-order chi connectivity index (χ0) is 2.00. The van der Waals surface area contributed by atoms with Gasteiger partial charge < -0.3 is 0 Å². The van der Waals surface area contributed by atoms with Crippen molar-refractivity contribution >= 4 is 131 Å². The van der Waals surface area contributed by atoms with Gasteiger partial charge in [0.25, 0.3) is 0 Å². The van der Waals surface area contributed by atoms with Crippen molar-refractivity contribution in [2.75, 3.05) is 0 Å². The van der Waals surface area contributed by atoms with Crippen LogP contribution in [0.1, 0.15) is 0 Å². The molecule has 0 saturated carbocycles. The van der Waals surface area contributed by atoms with Crippen molar-refractivity contribution < 1.29 is 0 Å². The molecule has 0 amide bonds. The number of hydrogen-bond acceptors (Lipinski definition) is 0. The maximum absolute atomic E-state index is 2.56. The Balaban J connectivity index is -0.00000000167. The Morgan fingerprint density at radius 1 is 1.20 bits per heavy atom. The van der Waals surface area contributed by atoms with Gasteiger partial charge in [-0.15, -0.1) is 0 Å². The molecule has 0 radical (unpaired) electrons. The molecule has 0 aromatic rings. The summed E-state index contributed by atoms with van der Waals surface area (Å²) in [5, 5.41) is 0. The summed E-state index contributed by atoms with van der Waals surface area (Å²) in [7, 11) is 3.78. The molecule has 24 valence electrons. The second-order valence-corrected chi connectivity index (χ2v) is 0. The average molecular weight is 173 g/mol. The maximum Gasteiger partial charge on any atom is 0.316 e. The largest absolute Gasteiger partial charge is 0.316 e. The van der Waals surface area contributed by atoms with E-state index in [0.29, 0.717) is 0 Å². The van der Waals surface area contributed by atoms with E-state index in [0.717, 1.165) is 0 Å². The quantitative estimate of drug-likeness (QED) is 0.265. The molecule has 5 heavy (non-hydrogen) atoms. The van der Waals surface area contributed by atoms with Crippen molar-refractivity contribution in [3.8, 4) is 0 Å². The molecule has 0 aliphatic carbocycles. The molecule has 1 unspecified atom stereocenters. The molecule has 5 heteroatoms. The Morgan fingerprint density at radius 2 is 1.20 bits per heavy atom. The van der Waals surface area contributed by atoms with E-state index in [4.69, 9.17) is 0 Å². The summed E-state index contributed by atoms with van der Waals surface area (Å²) >= 11 is 0. The van der Waals surface area contributed by atoms with Crippen molar-refractivity contribution in [1.29, 1.82) is 0 Å². The van der Waals surface area contributed by atoms with Crippen LogP contribution < -0.4 is 0 Å². The molecule has 0 aliphatic rings. The first-order chi connectivity index (χ1) is 1.00. The van der Waals surface area contributed by atoms with Crippen molar-refractivity contribution in [2.24, 2.45) is 0 Å². The summed E-state index contributed by atoms with van der Waals surface area (Å²) in [6.07, 6.45) is 0. The molecule has 0 saturated heterocycles. The fourth-order valence-corrected chi connectivity index (χ4v) is 0. The molecule has 0 heterocycles. The molecular formula is H10CaKMgPSi. The van der Waals surface area contributed by atoms with Gasteiger partial charge in [0.2, 0.25) is 0 Å². The number of hydrogen-bond donors (Lipinski definition) is 0. The van der Waals surface area contributed by atoms with Crippen LogP contribution in [0.2, 0.25) is 0 Å². The Morgan fingerprint density at radius 3 is 1.20 bits per heavy atom. The van der Waals surface area contributed by atoms with Gasteiger partial charge in [-0.2, -0.15) is 8.79 Å². The van der Waals surface area contributed by atoms with E-state index < -0.39 is 0 Å². The van der Waals surface area contributed by atoms with Gasteiger partial charge in [0, 0.05) is 9.91 Å². The van der Waals surface area contributed by atoms with Gasteiger partial charge in [0.05, 0.1) is 0 Å². The van der Waals surface area contributed by atoms with Crippen LogP contribution in [0, 0.1) is 0 Å².